The van der Waals surface area contributed by atoms with Crippen LogP contribution in [0.5, 0.6) is 0 Å². The molecule has 0 bridgehead atoms. The van der Waals surface area contributed by atoms with Crippen molar-refractivity contribution in [3.63, 3.8) is 0 Å². The van der Waals surface area contributed by atoms with Gasteiger partial charge < -0.3 is 4.57 Å². The zero-order valence-electron chi connectivity index (χ0n) is 13.1. The molecular formula is C20H21N3. The molecule has 4 rings (SSSR count). The van der Waals surface area contributed by atoms with Crippen LogP contribution >= 0.6 is 0 Å². The van der Waals surface area contributed by atoms with E-state index in [4.69, 9.17) is 0 Å². The Bertz CT molecular complexity index is 677. The summed E-state index contributed by atoms with van der Waals surface area (Å²) in [5.74, 6) is 0.708. The second-order valence-corrected chi connectivity index (χ2v) is 6.30. The Kier molecular flexibility index (Phi) is 3.95. The van der Waals surface area contributed by atoms with Gasteiger partial charge in [-0.1, -0.05) is 60.7 Å². The molecule has 1 fully saturated rings. The van der Waals surface area contributed by atoms with Crippen molar-refractivity contribution < 1.29 is 0 Å². The summed E-state index contributed by atoms with van der Waals surface area (Å²) in [6, 6.07) is 22.0. The first-order chi connectivity index (χ1) is 11.4. The van der Waals surface area contributed by atoms with E-state index < -0.39 is 0 Å². The average molecular weight is 303 g/mol. The van der Waals surface area contributed by atoms with E-state index >= 15 is 0 Å². The van der Waals surface area contributed by atoms with Crippen LogP contribution in [0.15, 0.2) is 79.4 Å². The summed E-state index contributed by atoms with van der Waals surface area (Å²) in [4.78, 5) is 6.71. The van der Waals surface area contributed by atoms with Gasteiger partial charge >= 0.3 is 0 Å². The smallest absolute Gasteiger partial charge is 0.0946 e. The molecule has 0 saturated carbocycles. The van der Waals surface area contributed by atoms with E-state index in [9.17, 15) is 0 Å². The summed E-state index contributed by atoms with van der Waals surface area (Å²) in [5.41, 5.74) is 2.75. The molecule has 0 radical (unpaired) electrons. The molecule has 0 amide bonds. The predicted molar refractivity (Wildman–Crippen MR) is 92.0 cm³/mol. The van der Waals surface area contributed by atoms with Gasteiger partial charge in [0.15, 0.2) is 0 Å². The zero-order chi connectivity index (χ0) is 15.5. The highest BCUT2D eigenvalue weighted by molar-refractivity contribution is 5.32. The van der Waals surface area contributed by atoms with Gasteiger partial charge in [-0.25, -0.2) is 4.98 Å². The Morgan fingerprint density at radius 1 is 0.913 bits per heavy atom. The van der Waals surface area contributed by atoms with E-state index in [-0.39, 0.29) is 0 Å². The lowest BCUT2D eigenvalue weighted by atomic mass is 9.90. The number of aromatic nitrogens is 2. The van der Waals surface area contributed by atoms with Crippen molar-refractivity contribution in [2.75, 3.05) is 13.1 Å². The van der Waals surface area contributed by atoms with E-state index in [1.54, 1.807) is 0 Å². The molecule has 1 aliphatic rings. The van der Waals surface area contributed by atoms with Crippen LogP contribution in [-0.2, 0) is 6.54 Å². The highest BCUT2D eigenvalue weighted by Gasteiger charge is 2.33. The van der Waals surface area contributed by atoms with Gasteiger partial charge in [0, 0.05) is 37.9 Å². The van der Waals surface area contributed by atoms with E-state index in [1.165, 1.54) is 11.1 Å². The van der Waals surface area contributed by atoms with E-state index in [0.29, 0.717) is 12.0 Å². The van der Waals surface area contributed by atoms with Crippen molar-refractivity contribution in [1.82, 2.24) is 14.5 Å². The van der Waals surface area contributed by atoms with Crippen molar-refractivity contribution >= 4 is 0 Å². The van der Waals surface area contributed by atoms with Crippen molar-refractivity contribution in [3.8, 4) is 0 Å². The molecule has 23 heavy (non-hydrogen) atoms. The first-order valence-electron chi connectivity index (χ1n) is 8.20. The first-order valence-corrected chi connectivity index (χ1v) is 8.20. The third-order valence-corrected chi connectivity index (χ3v) is 4.61. The molecule has 2 heterocycles. The fourth-order valence-corrected chi connectivity index (χ4v) is 3.51. The molecule has 0 aliphatic carbocycles. The maximum atomic E-state index is 4.13. The minimum atomic E-state index is 0.358. The predicted octanol–water partition coefficient (Wildman–Crippen LogP) is 3.60. The Hall–Kier alpha value is -2.39. The van der Waals surface area contributed by atoms with Crippen LogP contribution in [0, 0.1) is 5.92 Å². The second-order valence-electron chi connectivity index (χ2n) is 6.30. The normalized spacial score (nSPS) is 15.7. The molecule has 3 aromatic rings. The van der Waals surface area contributed by atoms with Crippen molar-refractivity contribution in [1.29, 1.82) is 0 Å². The summed E-state index contributed by atoms with van der Waals surface area (Å²) in [7, 11) is 0. The zero-order valence-corrected chi connectivity index (χ0v) is 13.1. The van der Waals surface area contributed by atoms with Gasteiger partial charge in [-0.2, -0.15) is 0 Å². The third-order valence-electron chi connectivity index (χ3n) is 4.61. The average Bonchev–Trinajstić information content (AvgIpc) is 3.08. The highest BCUT2D eigenvalue weighted by Crippen LogP contribution is 2.34. The summed E-state index contributed by atoms with van der Waals surface area (Å²) < 4.78 is 2.18. The van der Waals surface area contributed by atoms with Gasteiger partial charge in [0.05, 0.1) is 12.4 Å². The number of rotatable bonds is 5. The number of hydrogen-bond acceptors (Lipinski definition) is 2. The summed E-state index contributed by atoms with van der Waals surface area (Å²) in [5, 5.41) is 0. The minimum Gasteiger partial charge on any atom is -0.337 e. The molecular weight excluding hydrogens is 282 g/mol. The summed E-state index contributed by atoms with van der Waals surface area (Å²) in [6.07, 6.45) is 5.82. The standard InChI is InChI=1S/C20H21N3/c1-3-7-18(8-4-1)20(19-9-5-2-6-10-19)23-14-17(15-23)13-22-12-11-21-16-22/h1-12,16-17,20H,13-15H2. The molecule has 116 valence electrons. The van der Waals surface area contributed by atoms with Crippen LogP contribution in [0.1, 0.15) is 17.2 Å². The third kappa shape index (κ3) is 3.06. The monoisotopic (exact) mass is 303 g/mol. The molecule has 0 atom stereocenters. The SMILES string of the molecule is c1ccc(C(c2ccccc2)N2CC(Cn3ccnc3)C2)cc1. The summed E-state index contributed by atoms with van der Waals surface area (Å²) >= 11 is 0. The lowest BCUT2D eigenvalue weighted by Crippen LogP contribution is -2.50. The minimum absolute atomic E-state index is 0.358. The van der Waals surface area contributed by atoms with E-state index in [2.05, 4.69) is 81.3 Å². The second kappa shape index (κ2) is 6.39. The molecule has 1 aromatic heterocycles. The first kappa shape index (κ1) is 14.2. The van der Waals surface area contributed by atoms with Crippen LogP contribution < -0.4 is 0 Å². The Labute approximate surface area is 137 Å². The lowest BCUT2D eigenvalue weighted by molar-refractivity contribution is 0.0582. The van der Waals surface area contributed by atoms with Gasteiger partial charge in [-0.05, 0) is 11.1 Å². The topological polar surface area (TPSA) is 21.1 Å². The quantitative estimate of drug-likeness (QED) is 0.718. The van der Waals surface area contributed by atoms with E-state index in [1.807, 2.05) is 12.5 Å². The Balaban J connectivity index is 1.51. The van der Waals surface area contributed by atoms with Gasteiger partial charge in [-0.15, -0.1) is 0 Å². The fraction of sp³-hybridized carbons (Fsp3) is 0.250. The molecule has 1 saturated heterocycles. The van der Waals surface area contributed by atoms with Crippen LogP contribution in [0.25, 0.3) is 0 Å². The van der Waals surface area contributed by atoms with Crippen molar-refractivity contribution in [2.45, 2.75) is 12.6 Å². The lowest BCUT2D eigenvalue weighted by Gasteiger charge is -2.45. The molecule has 2 aromatic carbocycles. The molecule has 3 nitrogen and oxygen atoms in total. The molecule has 0 unspecified atom stereocenters. The molecule has 0 N–H and O–H groups in total. The molecule has 1 aliphatic heterocycles. The van der Waals surface area contributed by atoms with Gasteiger partial charge in [0.25, 0.3) is 0 Å². The van der Waals surface area contributed by atoms with Crippen molar-refractivity contribution in [3.05, 3.63) is 90.5 Å². The Morgan fingerprint density at radius 3 is 2.04 bits per heavy atom. The molecule has 3 heteroatoms. The van der Waals surface area contributed by atoms with Crippen LogP contribution in [0.3, 0.4) is 0 Å². The van der Waals surface area contributed by atoms with Crippen molar-refractivity contribution in [2.24, 2.45) is 5.92 Å². The van der Waals surface area contributed by atoms with Gasteiger partial charge in [-0.3, -0.25) is 4.90 Å². The van der Waals surface area contributed by atoms with Gasteiger partial charge in [0.1, 0.15) is 0 Å². The number of benzene rings is 2. The fourth-order valence-electron chi connectivity index (χ4n) is 3.51. The molecule has 0 spiro atoms. The number of hydrogen-bond donors (Lipinski definition) is 0. The van der Waals surface area contributed by atoms with E-state index in [0.717, 1.165) is 19.6 Å². The Morgan fingerprint density at radius 2 is 1.52 bits per heavy atom. The van der Waals surface area contributed by atoms with Gasteiger partial charge in [0.2, 0.25) is 0 Å². The van der Waals surface area contributed by atoms with Crippen LogP contribution in [-0.4, -0.2) is 27.5 Å². The number of imidazole rings is 1. The maximum Gasteiger partial charge on any atom is 0.0946 e. The highest BCUT2D eigenvalue weighted by atomic mass is 15.2. The number of nitrogens with zero attached hydrogens (tertiary/aromatic N) is 3. The maximum absolute atomic E-state index is 4.13. The van der Waals surface area contributed by atoms with Crippen LogP contribution in [0.4, 0.5) is 0 Å². The largest absolute Gasteiger partial charge is 0.337 e. The summed E-state index contributed by atoms with van der Waals surface area (Å²) in [6.45, 7) is 3.33. The van der Waals surface area contributed by atoms with Crippen LogP contribution in [0.2, 0.25) is 0 Å². The number of likely N-dealkylation sites (tertiary alicyclic amines) is 1.